The number of carbonyl (C=O) groups is 4. The molecule has 1 fully saturated rings. The zero-order chi connectivity index (χ0) is 37.5. The van der Waals surface area contributed by atoms with Gasteiger partial charge in [-0.2, -0.15) is 30.7 Å². The lowest BCUT2D eigenvalue weighted by atomic mass is 9.72. The number of hydrogen-bond acceptors (Lipinski definition) is 11. The van der Waals surface area contributed by atoms with Crippen molar-refractivity contribution in [3.05, 3.63) is 51.6 Å². The van der Waals surface area contributed by atoms with Crippen LogP contribution in [0.2, 0.25) is 0 Å². The fourth-order valence-electron chi connectivity index (χ4n) is 6.35. The summed E-state index contributed by atoms with van der Waals surface area (Å²) in [7, 11) is 1.21. The van der Waals surface area contributed by atoms with Crippen LogP contribution in [0.15, 0.2) is 18.2 Å². The number of phenolic OH excluding ortho intramolecular Hbond substituents is 2. The number of Topliss-reactive ketones (excluding diaryl/α,β-unsaturated/α-hetero) is 1. The molecular weight excluding hydrogens is 695 g/mol. The smallest absolute Gasteiger partial charge is 0.460 e. The summed E-state index contributed by atoms with van der Waals surface area (Å²) in [5.74, 6) is -20.9. The standard InChI is InChI=1S/C31H28F7NO11/c1-10-22(41)14(39-27(46)29(32,33)30(34,35)31(36,37)38)7-17(49-10)50-16-9-28(47,11(2)40)8-13-19(16)26(45)21-20(24(13)43)23(42)12-5-4-6-15(48-3)18(12)25(21)44/h4-6,10,14,16-17,22,41,43,45,47H,7-9H2,1-3H3,(H,39,46)/t10?,14?,16-,17?,22?,28-/m0/s1. The molecule has 3 aliphatic rings. The van der Waals surface area contributed by atoms with E-state index in [0.29, 0.717) is 0 Å². The molecule has 19 heteroatoms. The number of amides is 1. The Morgan fingerprint density at radius 3 is 2.20 bits per heavy atom. The van der Waals surface area contributed by atoms with Gasteiger partial charge in [-0.05, 0) is 19.9 Å². The first-order valence-electron chi connectivity index (χ1n) is 14.7. The number of aromatic hydroxyl groups is 2. The second kappa shape index (κ2) is 12.2. The molecular formula is C31H28F7NO11. The fraction of sp³-hybridized carbons (Fsp3) is 0.484. The quantitative estimate of drug-likeness (QED) is 0.178. The fourth-order valence-corrected chi connectivity index (χ4v) is 6.35. The van der Waals surface area contributed by atoms with Crippen LogP contribution >= 0.6 is 0 Å². The maximum Gasteiger partial charge on any atom is 0.460 e. The highest BCUT2D eigenvalue weighted by molar-refractivity contribution is 6.31. The minimum absolute atomic E-state index is 0.0586. The highest BCUT2D eigenvalue weighted by atomic mass is 19.4. The van der Waals surface area contributed by atoms with Crippen molar-refractivity contribution in [2.75, 3.05) is 7.11 Å². The van der Waals surface area contributed by atoms with E-state index in [1.807, 2.05) is 0 Å². The van der Waals surface area contributed by atoms with Crippen LogP contribution in [-0.2, 0) is 25.5 Å². The van der Waals surface area contributed by atoms with Gasteiger partial charge >= 0.3 is 18.0 Å². The molecule has 12 nitrogen and oxygen atoms in total. The minimum Gasteiger partial charge on any atom is -0.507 e. The van der Waals surface area contributed by atoms with Crippen molar-refractivity contribution in [3.63, 3.8) is 0 Å². The number of benzene rings is 2. The Morgan fingerprint density at radius 2 is 1.62 bits per heavy atom. The predicted octanol–water partition coefficient (Wildman–Crippen LogP) is 3.02. The number of hydrogen-bond donors (Lipinski definition) is 5. The Labute approximate surface area is 276 Å². The van der Waals surface area contributed by atoms with E-state index in [0.717, 1.165) is 13.8 Å². The summed E-state index contributed by atoms with van der Waals surface area (Å²) in [4.78, 5) is 52.0. The molecule has 50 heavy (non-hydrogen) atoms. The van der Waals surface area contributed by atoms with Crippen molar-refractivity contribution in [2.24, 2.45) is 0 Å². The molecule has 0 aromatic heterocycles. The van der Waals surface area contributed by atoms with Crippen LogP contribution in [0.25, 0.3) is 0 Å². The third-order valence-corrected chi connectivity index (χ3v) is 9.11. The number of ketones is 3. The summed E-state index contributed by atoms with van der Waals surface area (Å²) >= 11 is 0. The highest BCUT2D eigenvalue weighted by Gasteiger charge is 2.76. The van der Waals surface area contributed by atoms with Crippen LogP contribution < -0.4 is 10.1 Å². The van der Waals surface area contributed by atoms with Crippen molar-refractivity contribution in [1.29, 1.82) is 0 Å². The van der Waals surface area contributed by atoms with Crippen LogP contribution in [0.5, 0.6) is 17.2 Å². The van der Waals surface area contributed by atoms with E-state index in [4.69, 9.17) is 14.2 Å². The van der Waals surface area contributed by atoms with Gasteiger partial charge < -0.3 is 40.0 Å². The molecule has 0 spiro atoms. The number of nitrogens with one attached hydrogen (secondary N) is 1. The van der Waals surface area contributed by atoms with Crippen molar-refractivity contribution in [2.45, 2.75) is 87.4 Å². The van der Waals surface area contributed by atoms with Crippen molar-refractivity contribution in [3.8, 4) is 17.2 Å². The summed E-state index contributed by atoms with van der Waals surface area (Å²) in [5, 5.41) is 45.9. The molecule has 0 saturated carbocycles. The maximum atomic E-state index is 14.1. The van der Waals surface area contributed by atoms with Crippen LogP contribution in [0.4, 0.5) is 30.7 Å². The van der Waals surface area contributed by atoms with E-state index in [2.05, 4.69) is 0 Å². The summed E-state index contributed by atoms with van der Waals surface area (Å²) in [5.41, 5.74) is -5.02. The molecule has 0 radical (unpaired) electrons. The first-order chi connectivity index (χ1) is 23.0. The average Bonchev–Trinajstić information content (AvgIpc) is 3.02. The SMILES string of the molecule is COc1cccc2c1C(=O)c1c(O)c3c(c(O)c1C2=O)C[C@@](O)(C(C)=O)C[C@@H]3OC1CC(NC(=O)C(F)(F)C(F)(F)C(F)(F)F)C(O)C(C)O1. The molecule has 1 amide bonds. The Morgan fingerprint density at radius 1 is 1.00 bits per heavy atom. The maximum absolute atomic E-state index is 14.1. The lowest BCUT2D eigenvalue weighted by Gasteiger charge is -2.43. The second-order valence-electron chi connectivity index (χ2n) is 12.2. The van der Waals surface area contributed by atoms with Crippen molar-refractivity contribution in [1.82, 2.24) is 5.32 Å². The topological polar surface area (TPSA) is 189 Å². The Bertz CT molecular complexity index is 1800. The first kappa shape index (κ1) is 36.9. The van der Waals surface area contributed by atoms with Gasteiger partial charge in [0, 0.05) is 36.0 Å². The van der Waals surface area contributed by atoms with Gasteiger partial charge in [-0.3, -0.25) is 19.2 Å². The summed E-state index contributed by atoms with van der Waals surface area (Å²) in [6.07, 6.45) is -16.2. The Balaban J connectivity index is 1.54. The molecule has 272 valence electrons. The molecule has 0 bridgehead atoms. The second-order valence-corrected chi connectivity index (χ2v) is 12.2. The molecule has 2 aliphatic carbocycles. The molecule has 1 saturated heterocycles. The molecule has 5 rings (SSSR count). The van der Waals surface area contributed by atoms with E-state index in [1.54, 1.807) is 0 Å². The molecule has 1 aliphatic heterocycles. The monoisotopic (exact) mass is 723 g/mol. The third kappa shape index (κ3) is 5.55. The number of phenols is 2. The number of halogens is 7. The summed E-state index contributed by atoms with van der Waals surface area (Å²) in [6.45, 7) is 2.06. The first-order valence-corrected chi connectivity index (χ1v) is 14.7. The Hall–Kier alpha value is -4.33. The van der Waals surface area contributed by atoms with Gasteiger partial charge in [-0.15, -0.1) is 0 Å². The third-order valence-electron chi connectivity index (χ3n) is 9.11. The molecule has 2 aromatic rings. The van der Waals surface area contributed by atoms with Crippen molar-refractivity contribution >= 4 is 23.3 Å². The molecule has 6 atom stereocenters. The largest absolute Gasteiger partial charge is 0.507 e. The van der Waals surface area contributed by atoms with Crippen LogP contribution in [0.1, 0.15) is 75.8 Å². The lowest BCUT2D eigenvalue weighted by molar-refractivity contribution is -0.344. The van der Waals surface area contributed by atoms with Gasteiger partial charge in [0.2, 0.25) is 5.78 Å². The van der Waals surface area contributed by atoms with Gasteiger partial charge in [0.1, 0.15) is 29.0 Å². The normalized spacial score (nSPS) is 26.8. The van der Waals surface area contributed by atoms with E-state index in [1.165, 1.54) is 30.6 Å². The zero-order valence-corrected chi connectivity index (χ0v) is 26.0. The predicted molar refractivity (Wildman–Crippen MR) is 150 cm³/mol. The number of methoxy groups -OCH3 is 1. The highest BCUT2D eigenvalue weighted by Crippen LogP contribution is 2.53. The van der Waals surface area contributed by atoms with Crippen LogP contribution in [-0.4, -0.2) is 99.0 Å². The number of fused-ring (bicyclic) bond motifs is 3. The zero-order valence-electron chi connectivity index (χ0n) is 26.0. The molecule has 1 heterocycles. The van der Waals surface area contributed by atoms with Gasteiger partial charge in [0.25, 0.3) is 5.91 Å². The number of carbonyl (C=O) groups excluding carboxylic acids is 4. The molecule has 2 aromatic carbocycles. The summed E-state index contributed by atoms with van der Waals surface area (Å²) < 4.78 is 110. The van der Waals surface area contributed by atoms with Crippen LogP contribution in [0.3, 0.4) is 0 Å². The van der Waals surface area contributed by atoms with Gasteiger partial charge in [0.15, 0.2) is 17.9 Å². The van der Waals surface area contributed by atoms with Crippen molar-refractivity contribution < 1.29 is 84.5 Å². The average molecular weight is 724 g/mol. The van der Waals surface area contributed by atoms with E-state index < -0.39 is 131 Å². The summed E-state index contributed by atoms with van der Waals surface area (Å²) in [6, 6.07) is 2.01. The van der Waals surface area contributed by atoms with E-state index >= 15 is 0 Å². The lowest BCUT2D eigenvalue weighted by Crippen LogP contribution is -2.63. The molecule has 4 unspecified atom stereocenters. The number of rotatable bonds is 7. The number of alkyl halides is 7. The minimum atomic E-state index is -6.82. The number of ether oxygens (including phenoxy) is 3. The van der Waals surface area contributed by atoms with Crippen LogP contribution in [0, 0.1) is 0 Å². The van der Waals surface area contributed by atoms with Gasteiger partial charge in [-0.25, -0.2) is 0 Å². The van der Waals surface area contributed by atoms with Gasteiger partial charge in [-0.1, -0.05) is 12.1 Å². The van der Waals surface area contributed by atoms with Gasteiger partial charge in [0.05, 0.1) is 42.0 Å². The molecule has 5 N–H and O–H groups in total. The van der Waals surface area contributed by atoms with E-state index in [-0.39, 0.29) is 16.9 Å². The number of aliphatic hydroxyl groups excluding tert-OH is 1. The Kier molecular flexibility index (Phi) is 8.99. The van der Waals surface area contributed by atoms with E-state index in [9.17, 15) is 70.3 Å². The number of aliphatic hydroxyl groups is 2.